The van der Waals surface area contributed by atoms with Gasteiger partial charge in [-0.15, -0.1) is 0 Å². The molecule has 0 atom stereocenters. The number of hydrogen-bond donors (Lipinski definition) is 0. The smallest absolute Gasteiger partial charge is 0.192 e. The summed E-state index contributed by atoms with van der Waals surface area (Å²) in [6.45, 7) is 0.146. The third kappa shape index (κ3) is 4.63. The van der Waals surface area contributed by atoms with Crippen LogP contribution in [0.15, 0.2) is 23.3 Å². The minimum Gasteiger partial charge on any atom is -0.192 e. The van der Waals surface area contributed by atoms with Crippen molar-refractivity contribution in [2.24, 2.45) is 5.11 Å². The fourth-order valence-corrected chi connectivity index (χ4v) is 1.24. The molecule has 1 aromatic rings. The van der Waals surface area contributed by atoms with Crippen molar-refractivity contribution in [1.82, 2.24) is 0 Å². The van der Waals surface area contributed by atoms with Crippen LogP contribution in [-0.4, -0.2) is 6.54 Å². The molecule has 0 saturated carbocycles. The summed E-state index contributed by atoms with van der Waals surface area (Å²) < 4.78 is 37.7. The van der Waals surface area contributed by atoms with Crippen LogP contribution < -0.4 is 0 Å². The largest absolute Gasteiger partial charge is 0.416 e. The van der Waals surface area contributed by atoms with E-state index in [1.54, 1.807) is 6.07 Å². The molecule has 0 aliphatic rings. The summed E-state index contributed by atoms with van der Waals surface area (Å²) in [6.07, 6.45) is -4.28. The molecule has 0 aliphatic heterocycles. The predicted octanol–water partition coefficient (Wildman–Crippen LogP) is 3.63. The highest BCUT2D eigenvalue weighted by molar-refractivity contribution is 5.45. The Balaban J connectivity index is 3.01. The molecule has 0 heterocycles. The van der Waals surface area contributed by atoms with Crippen molar-refractivity contribution < 1.29 is 13.2 Å². The van der Waals surface area contributed by atoms with E-state index in [0.29, 0.717) is 0 Å². The highest BCUT2D eigenvalue weighted by Crippen LogP contribution is 2.30. The number of azide groups is 1. The van der Waals surface area contributed by atoms with Crippen LogP contribution in [0.4, 0.5) is 13.2 Å². The molecule has 0 fully saturated rings. The van der Waals surface area contributed by atoms with E-state index in [9.17, 15) is 13.2 Å². The Kier molecular flexibility index (Phi) is 4.82. The van der Waals surface area contributed by atoms with Crippen molar-refractivity contribution in [1.29, 1.82) is 5.26 Å². The van der Waals surface area contributed by atoms with Crippen molar-refractivity contribution in [3.8, 4) is 17.9 Å². The van der Waals surface area contributed by atoms with E-state index in [-0.39, 0.29) is 24.1 Å². The number of benzene rings is 1. The van der Waals surface area contributed by atoms with E-state index < -0.39 is 11.7 Å². The Hall–Kier alpha value is -2.63. The summed E-state index contributed by atoms with van der Waals surface area (Å²) >= 11 is 0. The van der Waals surface area contributed by atoms with E-state index in [1.165, 1.54) is 6.07 Å². The lowest BCUT2D eigenvalue weighted by Gasteiger charge is -2.07. The second-order valence-electron chi connectivity index (χ2n) is 3.41. The van der Waals surface area contributed by atoms with Crippen molar-refractivity contribution >= 4 is 0 Å². The Morgan fingerprint density at radius 1 is 1.26 bits per heavy atom. The third-order valence-corrected chi connectivity index (χ3v) is 2.02. The average molecular weight is 264 g/mol. The fourth-order valence-electron chi connectivity index (χ4n) is 1.24. The van der Waals surface area contributed by atoms with Gasteiger partial charge in [-0.1, -0.05) is 17.0 Å². The molecule has 7 heteroatoms. The Morgan fingerprint density at radius 3 is 2.53 bits per heavy atom. The van der Waals surface area contributed by atoms with Crippen LogP contribution in [0.2, 0.25) is 0 Å². The van der Waals surface area contributed by atoms with Crippen LogP contribution in [0.3, 0.4) is 0 Å². The number of nitrogens with zero attached hydrogens (tertiary/aromatic N) is 4. The molecule has 0 radical (unpaired) electrons. The molecule has 0 unspecified atom stereocenters. The van der Waals surface area contributed by atoms with Gasteiger partial charge in [-0.3, -0.25) is 0 Å². The summed E-state index contributed by atoms with van der Waals surface area (Å²) in [5, 5.41) is 11.9. The van der Waals surface area contributed by atoms with Gasteiger partial charge in [0.1, 0.15) is 0 Å². The summed E-state index contributed by atoms with van der Waals surface area (Å²) in [5.74, 6) is 5.08. The van der Waals surface area contributed by atoms with Gasteiger partial charge < -0.3 is 0 Å². The first-order chi connectivity index (χ1) is 8.97. The topological polar surface area (TPSA) is 72.5 Å². The van der Waals surface area contributed by atoms with Crippen LogP contribution in [0.5, 0.6) is 0 Å². The predicted molar refractivity (Wildman–Crippen MR) is 61.7 cm³/mol. The number of hydrogen-bond acceptors (Lipinski definition) is 2. The number of halogens is 3. The minimum absolute atomic E-state index is 0.103. The lowest BCUT2D eigenvalue weighted by Crippen LogP contribution is -2.05. The van der Waals surface area contributed by atoms with Gasteiger partial charge in [0.2, 0.25) is 0 Å². The van der Waals surface area contributed by atoms with E-state index in [1.807, 2.05) is 0 Å². The molecule has 0 N–H and O–H groups in total. The highest BCUT2D eigenvalue weighted by Gasteiger charge is 2.31. The maximum absolute atomic E-state index is 12.6. The third-order valence-electron chi connectivity index (χ3n) is 2.02. The monoisotopic (exact) mass is 264 g/mol. The van der Waals surface area contributed by atoms with Crippen molar-refractivity contribution in [2.45, 2.75) is 12.6 Å². The fraction of sp³-hybridized carbons (Fsp3) is 0.250. The summed E-state index contributed by atoms with van der Waals surface area (Å²) in [5.41, 5.74) is 7.12. The van der Waals surface area contributed by atoms with Gasteiger partial charge >= 0.3 is 6.18 Å². The summed E-state index contributed by atoms with van der Waals surface area (Å²) in [6, 6.07) is 4.58. The first-order valence-corrected chi connectivity index (χ1v) is 5.09. The van der Waals surface area contributed by atoms with Crippen LogP contribution in [0.1, 0.15) is 23.1 Å². The van der Waals surface area contributed by atoms with Gasteiger partial charge in [-0.25, -0.2) is 0 Å². The maximum atomic E-state index is 12.6. The number of rotatable bonds is 2. The van der Waals surface area contributed by atoms with E-state index in [0.717, 1.165) is 12.1 Å². The zero-order valence-electron chi connectivity index (χ0n) is 9.57. The van der Waals surface area contributed by atoms with Crippen LogP contribution >= 0.6 is 0 Å². The van der Waals surface area contributed by atoms with E-state index >= 15 is 0 Å². The van der Waals surface area contributed by atoms with Crippen LogP contribution in [-0.2, 0) is 6.18 Å². The molecule has 4 nitrogen and oxygen atoms in total. The van der Waals surface area contributed by atoms with Gasteiger partial charge in [-0.05, 0) is 23.7 Å². The molecule has 1 rings (SSSR count). The van der Waals surface area contributed by atoms with Crippen LogP contribution in [0, 0.1) is 23.2 Å². The molecule has 1 aromatic carbocycles. The molecule has 0 aromatic heterocycles. The van der Waals surface area contributed by atoms with Crippen molar-refractivity contribution in [3.63, 3.8) is 0 Å². The van der Waals surface area contributed by atoms with Gasteiger partial charge in [0, 0.05) is 23.4 Å². The normalized spacial score (nSPS) is 9.79. The Bertz CT molecular complexity index is 611. The molecule has 0 saturated heterocycles. The van der Waals surface area contributed by atoms with Crippen LogP contribution in [0.25, 0.3) is 10.4 Å². The Labute approximate surface area is 107 Å². The van der Waals surface area contributed by atoms with Gasteiger partial charge in [0.05, 0.1) is 17.2 Å². The lowest BCUT2D eigenvalue weighted by atomic mass is 10.1. The SMILES string of the molecule is N#Cc1cc(C#CCCN=[N+]=[N-])cc(C(F)(F)F)c1. The molecule has 0 aliphatic carbocycles. The molecule has 0 spiro atoms. The first-order valence-electron chi connectivity index (χ1n) is 5.09. The van der Waals surface area contributed by atoms with E-state index in [2.05, 4.69) is 21.9 Å². The minimum atomic E-state index is -4.52. The molecule has 19 heavy (non-hydrogen) atoms. The standard InChI is InChI=1S/C12H7F3N4/c13-12(14,15)11-6-9(5-10(7-11)8-16)3-1-2-4-18-19-17/h5-7H,2,4H2. The summed E-state index contributed by atoms with van der Waals surface area (Å²) in [4.78, 5) is 2.52. The molecule has 96 valence electrons. The van der Waals surface area contributed by atoms with Crippen molar-refractivity contribution in [2.75, 3.05) is 6.54 Å². The van der Waals surface area contributed by atoms with Gasteiger partial charge in [-0.2, -0.15) is 18.4 Å². The second-order valence-corrected chi connectivity index (χ2v) is 3.41. The Morgan fingerprint density at radius 2 is 1.95 bits per heavy atom. The zero-order valence-corrected chi connectivity index (χ0v) is 9.57. The van der Waals surface area contributed by atoms with Gasteiger partial charge in [0.15, 0.2) is 0 Å². The van der Waals surface area contributed by atoms with Gasteiger partial charge in [0.25, 0.3) is 0 Å². The quantitative estimate of drug-likeness (QED) is 0.264. The zero-order chi connectivity index (χ0) is 14.3. The number of nitriles is 1. The van der Waals surface area contributed by atoms with E-state index in [4.69, 9.17) is 10.8 Å². The number of alkyl halides is 3. The van der Waals surface area contributed by atoms with Crippen molar-refractivity contribution in [3.05, 3.63) is 45.3 Å². The first kappa shape index (κ1) is 14.4. The lowest BCUT2D eigenvalue weighted by molar-refractivity contribution is -0.137. The average Bonchev–Trinajstić information content (AvgIpc) is 2.37. The highest BCUT2D eigenvalue weighted by atomic mass is 19.4. The molecule has 0 bridgehead atoms. The molecule has 0 amide bonds. The molecular formula is C12H7F3N4. The molecular weight excluding hydrogens is 257 g/mol. The summed E-state index contributed by atoms with van der Waals surface area (Å²) in [7, 11) is 0. The second kappa shape index (κ2) is 6.34. The maximum Gasteiger partial charge on any atom is 0.416 e.